The zero-order valence-electron chi connectivity index (χ0n) is 17.8. The number of anilines is 1. The Morgan fingerprint density at radius 3 is 2.43 bits per heavy atom. The summed E-state index contributed by atoms with van der Waals surface area (Å²) in [4.78, 5) is 22.0. The first-order valence-electron chi connectivity index (χ1n) is 10.6. The van der Waals surface area contributed by atoms with Crippen LogP contribution in [-0.4, -0.2) is 64.8 Å². The van der Waals surface area contributed by atoms with E-state index in [0.717, 1.165) is 31.1 Å². The molecule has 0 unspecified atom stereocenters. The number of pyridine rings is 1. The molecule has 9 nitrogen and oxygen atoms in total. The molecule has 0 aromatic carbocycles. The van der Waals surface area contributed by atoms with Gasteiger partial charge in [0, 0.05) is 56.4 Å². The topological polar surface area (TPSA) is 100 Å². The highest BCUT2D eigenvalue weighted by Crippen LogP contribution is 2.30. The van der Waals surface area contributed by atoms with Crippen LogP contribution in [0.5, 0.6) is 0 Å². The van der Waals surface area contributed by atoms with Gasteiger partial charge in [-0.1, -0.05) is 12.8 Å². The average Bonchev–Trinajstić information content (AvgIpc) is 3.24. The van der Waals surface area contributed by atoms with Crippen molar-refractivity contribution in [1.29, 1.82) is 0 Å². The van der Waals surface area contributed by atoms with Crippen molar-refractivity contribution in [2.75, 3.05) is 32.5 Å². The lowest BCUT2D eigenvalue weighted by molar-refractivity contribution is 0.310. The van der Waals surface area contributed by atoms with Crippen LogP contribution in [0.25, 0.3) is 11.0 Å². The fraction of sp³-hybridized carbons (Fsp3) is 0.650. The van der Waals surface area contributed by atoms with Crippen molar-refractivity contribution >= 4 is 27.2 Å². The second-order valence-electron chi connectivity index (χ2n) is 8.52. The van der Waals surface area contributed by atoms with Gasteiger partial charge in [0.25, 0.3) is 15.8 Å². The SMILES string of the molecule is Cc1cc2cnc(NC3CCN(S(=O)(=O)N(C)C)CC3)nc2n(C2CCCC2)c1=O. The maximum atomic E-state index is 12.9. The number of aryl methyl sites for hydroxylation is 1. The third-order valence-electron chi connectivity index (χ3n) is 6.22. The van der Waals surface area contributed by atoms with E-state index >= 15 is 0 Å². The molecular weight excluding hydrogens is 404 g/mol. The Kier molecular flexibility index (Phi) is 5.82. The molecule has 2 fully saturated rings. The Morgan fingerprint density at radius 1 is 1.13 bits per heavy atom. The Morgan fingerprint density at radius 2 is 1.80 bits per heavy atom. The largest absolute Gasteiger partial charge is 0.351 e. The van der Waals surface area contributed by atoms with Crippen molar-refractivity contribution in [3.63, 3.8) is 0 Å². The van der Waals surface area contributed by atoms with Gasteiger partial charge in [-0.15, -0.1) is 0 Å². The first-order valence-corrected chi connectivity index (χ1v) is 12.0. The summed E-state index contributed by atoms with van der Waals surface area (Å²) in [5.74, 6) is 0.492. The molecule has 0 atom stereocenters. The van der Waals surface area contributed by atoms with Gasteiger partial charge in [-0.3, -0.25) is 9.36 Å². The summed E-state index contributed by atoms with van der Waals surface area (Å²) in [6.45, 7) is 2.75. The standard InChI is InChI=1S/C20H30N6O3S/c1-14-12-15-13-21-20(23-18(15)26(19(14)27)17-6-4-5-7-17)22-16-8-10-25(11-9-16)30(28,29)24(2)3/h12-13,16-17H,4-11H2,1-3H3,(H,21,22,23). The number of hydrogen-bond donors (Lipinski definition) is 1. The minimum Gasteiger partial charge on any atom is -0.351 e. The van der Waals surface area contributed by atoms with Gasteiger partial charge < -0.3 is 5.32 Å². The minimum atomic E-state index is -3.38. The van der Waals surface area contributed by atoms with Gasteiger partial charge in [0.05, 0.1) is 0 Å². The molecule has 1 N–H and O–H groups in total. The van der Waals surface area contributed by atoms with Crippen molar-refractivity contribution in [2.24, 2.45) is 0 Å². The molecule has 2 aromatic heterocycles. The quantitative estimate of drug-likeness (QED) is 0.771. The molecule has 0 spiro atoms. The number of fused-ring (bicyclic) bond motifs is 1. The minimum absolute atomic E-state index is 0.0289. The highest BCUT2D eigenvalue weighted by Gasteiger charge is 2.30. The summed E-state index contributed by atoms with van der Waals surface area (Å²) < 4.78 is 29.2. The summed E-state index contributed by atoms with van der Waals surface area (Å²) in [5.41, 5.74) is 1.43. The second kappa shape index (κ2) is 8.24. The molecule has 3 heterocycles. The van der Waals surface area contributed by atoms with Gasteiger partial charge in [0.15, 0.2) is 0 Å². The molecule has 2 aromatic rings. The van der Waals surface area contributed by atoms with Gasteiger partial charge >= 0.3 is 0 Å². The van der Waals surface area contributed by atoms with Crippen LogP contribution in [-0.2, 0) is 10.2 Å². The molecule has 0 amide bonds. The summed E-state index contributed by atoms with van der Waals surface area (Å²) in [5, 5.41) is 4.23. The predicted molar refractivity (Wildman–Crippen MR) is 117 cm³/mol. The van der Waals surface area contributed by atoms with Crippen molar-refractivity contribution < 1.29 is 8.42 Å². The van der Waals surface area contributed by atoms with E-state index in [0.29, 0.717) is 43.1 Å². The molecule has 1 saturated heterocycles. The molecule has 1 aliphatic heterocycles. The fourth-order valence-corrected chi connectivity index (χ4v) is 5.61. The first-order chi connectivity index (χ1) is 14.3. The molecule has 0 radical (unpaired) electrons. The number of piperidine rings is 1. The molecule has 0 bridgehead atoms. The zero-order valence-corrected chi connectivity index (χ0v) is 18.7. The van der Waals surface area contributed by atoms with E-state index in [9.17, 15) is 13.2 Å². The average molecular weight is 435 g/mol. The summed E-state index contributed by atoms with van der Waals surface area (Å²) in [6.07, 6.45) is 7.41. The van der Waals surface area contributed by atoms with Crippen molar-refractivity contribution in [3.8, 4) is 0 Å². The van der Waals surface area contributed by atoms with E-state index < -0.39 is 10.2 Å². The van der Waals surface area contributed by atoms with Crippen molar-refractivity contribution in [3.05, 3.63) is 28.2 Å². The van der Waals surface area contributed by atoms with Crippen LogP contribution in [0.4, 0.5) is 5.95 Å². The van der Waals surface area contributed by atoms with Gasteiger partial charge in [-0.05, 0) is 38.7 Å². The predicted octanol–water partition coefficient (Wildman–Crippen LogP) is 1.90. The van der Waals surface area contributed by atoms with Gasteiger partial charge in [-0.2, -0.15) is 22.0 Å². The molecule has 164 valence electrons. The van der Waals surface area contributed by atoms with Crippen LogP contribution < -0.4 is 10.9 Å². The lowest BCUT2D eigenvalue weighted by atomic mass is 10.1. The van der Waals surface area contributed by atoms with Crippen molar-refractivity contribution in [2.45, 2.75) is 57.5 Å². The third-order valence-corrected chi connectivity index (χ3v) is 8.16. The molecular formula is C20H30N6O3S. The smallest absolute Gasteiger partial charge is 0.281 e. The number of nitrogens with one attached hydrogen (secondary N) is 1. The molecule has 30 heavy (non-hydrogen) atoms. The Bertz CT molecular complexity index is 1080. The molecule has 1 saturated carbocycles. The Labute approximate surface area is 177 Å². The lowest BCUT2D eigenvalue weighted by Gasteiger charge is -2.33. The lowest BCUT2D eigenvalue weighted by Crippen LogP contribution is -2.46. The van der Waals surface area contributed by atoms with Crippen LogP contribution in [0, 0.1) is 6.92 Å². The molecule has 4 rings (SSSR count). The van der Waals surface area contributed by atoms with Crippen LogP contribution in [0.2, 0.25) is 0 Å². The monoisotopic (exact) mass is 434 g/mol. The van der Waals surface area contributed by atoms with Crippen molar-refractivity contribution in [1.82, 2.24) is 23.1 Å². The van der Waals surface area contributed by atoms with E-state index in [1.54, 1.807) is 20.3 Å². The first kappa shape index (κ1) is 21.2. The van der Waals surface area contributed by atoms with Crippen LogP contribution in [0.1, 0.15) is 50.1 Å². The highest BCUT2D eigenvalue weighted by atomic mass is 32.2. The fourth-order valence-electron chi connectivity index (χ4n) is 4.47. The van der Waals surface area contributed by atoms with Gasteiger partial charge in [-0.25, -0.2) is 4.98 Å². The molecule has 2 aliphatic rings. The Hall–Kier alpha value is -2.04. The van der Waals surface area contributed by atoms with E-state index in [4.69, 9.17) is 4.98 Å². The number of hydrogen-bond acceptors (Lipinski definition) is 6. The van der Waals surface area contributed by atoms with E-state index in [-0.39, 0.29) is 17.6 Å². The van der Waals surface area contributed by atoms with Gasteiger partial charge in [0.1, 0.15) is 5.65 Å². The van der Waals surface area contributed by atoms with Crippen LogP contribution in [0.15, 0.2) is 17.1 Å². The summed E-state index contributed by atoms with van der Waals surface area (Å²) >= 11 is 0. The number of nitrogens with zero attached hydrogens (tertiary/aromatic N) is 5. The van der Waals surface area contributed by atoms with E-state index in [1.165, 1.54) is 8.61 Å². The van der Waals surface area contributed by atoms with Crippen LogP contribution in [0.3, 0.4) is 0 Å². The maximum Gasteiger partial charge on any atom is 0.281 e. The number of rotatable bonds is 5. The summed E-state index contributed by atoms with van der Waals surface area (Å²) in [6, 6.07) is 2.15. The summed E-state index contributed by atoms with van der Waals surface area (Å²) in [7, 11) is -0.280. The third kappa shape index (κ3) is 3.95. The molecule has 10 heteroatoms. The normalized spacial score (nSPS) is 19.7. The molecule has 1 aliphatic carbocycles. The van der Waals surface area contributed by atoms with E-state index in [1.807, 2.05) is 17.6 Å². The Balaban J connectivity index is 1.55. The zero-order chi connectivity index (χ0) is 21.5. The highest BCUT2D eigenvalue weighted by molar-refractivity contribution is 7.86. The number of aromatic nitrogens is 3. The maximum absolute atomic E-state index is 12.9. The van der Waals surface area contributed by atoms with E-state index in [2.05, 4.69) is 10.3 Å². The van der Waals surface area contributed by atoms with Gasteiger partial charge in [0.2, 0.25) is 5.95 Å². The second-order valence-corrected chi connectivity index (χ2v) is 10.7. The van der Waals surface area contributed by atoms with Crippen LogP contribution >= 0.6 is 0 Å².